The van der Waals surface area contributed by atoms with Crippen molar-refractivity contribution >= 4 is 28.9 Å². The lowest BCUT2D eigenvalue weighted by Gasteiger charge is -2.46. The number of likely N-dealkylation sites (tertiary alicyclic amines) is 1. The van der Waals surface area contributed by atoms with Gasteiger partial charge in [0, 0.05) is 38.3 Å². The van der Waals surface area contributed by atoms with E-state index in [4.69, 9.17) is 15.6 Å². The number of carbonyl (C=O) groups is 2. The van der Waals surface area contributed by atoms with Crippen LogP contribution in [0.2, 0.25) is 0 Å². The van der Waals surface area contributed by atoms with Gasteiger partial charge in [-0.3, -0.25) is 9.69 Å². The fourth-order valence-electron chi connectivity index (χ4n) is 6.36. The van der Waals surface area contributed by atoms with Gasteiger partial charge in [0.1, 0.15) is 29.3 Å². The summed E-state index contributed by atoms with van der Waals surface area (Å²) in [6.45, 7) is 9.10. The molecule has 12 heteroatoms. The second kappa shape index (κ2) is 12.4. The summed E-state index contributed by atoms with van der Waals surface area (Å²) >= 11 is 0. The largest absolute Gasteiger partial charge is 0.465 e. The van der Waals surface area contributed by atoms with Gasteiger partial charge < -0.3 is 25.4 Å². The summed E-state index contributed by atoms with van der Waals surface area (Å²) in [5, 5.41) is 15.4. The number of carbonyl (C=O) groups excluding carboxylic acids is 1. The van der Waals surface area contributed by atoms with Crippen molar-refractivity contribution in [3.8, 4) is 22.8 Å². The molecule has 236 valence electrons. The molecule has 4 aromatic rings. The highest BCUT2D eigenvalue weighted by atomic mass is 16.5. The van der Waals surface area contributed by atoms with E-state index in [1.54, 1.807) is 0 Å². The van der Waals surface area contributed by atoms with Crippen molar-refractivity contribution in [3.05, 3.63) is 60.9 Å². The Morgan fingerprint density at radius 2 is 1.64 bits per heavy atom. The fourth-order valence-corrected chi connectivity index (χ4v) is 6.36. The molecule has 1 unspecified atom stereocenters. The lowest BCUT2D eigenvalue weighted by molar-refractivity contribution is -0.134. The number of hydrogen-bond donors (Lipinski definition) is 2. The Bertz CT molecular complexity index is 1660. The first-order chi connectivity index (χ1) is 21.6. The zero-order chi connectivity index (χ0) is 31.7. The number of piperazine rings is 1. The number of ether oxygens (including phenoxy) is 1. The Labute approximate surface area is 262 Å². The molecule has 12 nitrogen and oxygen atoms in total. The van der Waals surface area contributed by atoms with Gasteiger partial charge in [-0.05, 0) is 54.7 Å². The fraction of sp³-hybridized carbons (Fsp3) is 0.424. The average molecular weight is 613 g/mol. The number of aromatic nitrogens is 4. The molecule has 2 aliphatic heterocycles. The van der Waals surface area contributed by atoms with Crippen LogP contribution in [0.25, 0.3) is 22.3 Å². The van der Waals surface area contributed by atoms with Crippen LogP contribution in [0.4, 0.5) is 10.6 Å². The van der Waals surface area contributed by atoms with Crippen molar-refractivity contribution in [2.45, 2.75) is 45.7 Å². The molecule has 4 heterocycles. The Balaban J connectivity index is 1.13. The zero-order valence-electron chi connectivity index (χ0n) is 26.0. The van der Waals surface area contributed by atoms with Gasteiger partial charge in [0.05, 0.1) is 24.0 Å². The van der Waals surface area contributed by atoms with E-state index in [1.165, 1.54) is 11.2 Å². The van der Waals surface area contributed by atoms with Crippen LogP contribution >= 0.6 is 0 Å². The molecule has 6 rings (SSSR count). The van der Waals surface area contributed by atoms with E-state index in [-0.39, 0.29) is 30.0 Å². The summed E-state index contributed by atoms with van der Waals surface area (Å²) in [5.41, 5.74) is 8.40. The van der Waals surface area contributed by atoms with Crippen molar-refractivity contribution in [2.24, 2.45) is 5.41 Å². The lowest BCUT2D eigenvalue weighted by atomic mass is 9.84. The van der Waals surface area contributed by atoms with Gasteiger partial charge in [-0.25, -0.2) is 19.4 Å². The van der Waals surface area contributed by atoms with E-state index in [2.05, 4.69) is 14.9 Å². The van der Waals surface area contributed by atoms with Gasteiger partial charge >= 0.3 is 6.09 Å². The minimum atomic E-state index is -0.904. The Kier molecular flexibility index (Phi) is 8.32. The molecule has 0 saturated carbocycles. The predicted octanol–water partition coefficient (Wildman–Crippen LogP) is 4.74. The first-order valence-electron chi connectivity index (χ1n) is 15.4. The Morgan fingerprint density at radius 1 is 0.956 bits per heavy atom. The highest BCUT2D eigenvalue weighted by molar-refractivity contribution is 5.98. The zero-order valence-corrected chi connectivity index (χ0v) is 26.0. The molecule has 0 bridgehead atoms. The number of fused-ring (bicyclic) bond motifs is 1. The maximum atomic E-state index is 13.4. The van der Waals surface area contributed by atoms with Crippen LogP contribution < -0.4 is 10.5 Å². The highest BCUT2D eigenvalue weighted by Gasteiger charge is 2.39. The van der Waals surface area contributed by atoms with Crippen molar-refractivity contribution < 1.29 is 19.4 Å². The summed E-state index contributed by atoms with van der Waals surface area (Å²) < 4.78 is 7.90. The molecule has 0 radical (unpaired) electrons. The molecular weight excluding hydrogens is 572 g/mol. The standard InChI is InChI=1S/C33H40N8O4/c1-33(2,3)26-19-38(17-18-40(26)32(43)44)20-27(42)39-15-13-23(14-16-39)41-31-28(30(34)35-21-36-31)29(37-41)22-9-11-25(12-10-22)45-24-7-5-4-6-8-24/h4-12,21,23,26H,13-20H2,1-3H3,(H,43,44)(H2,34,35,36). The number of hydrogen-bond acceptors (Lipinski definition) is 8. The van der Waals surface area contributed by atoms with Crippen LogP contribution in [-0.2, 0) is 4.79 Å². The number of piperidine rings is 1. The van der Waals surface area contributed by atoms with Gasteiger partial charge in [-0.2, -0.15) is 5.10 Å². The molecule has 45 heavy (non-hydrogen) atoms. The predicted molar refractivity (Wildman–Crippen MR) is 171 cm³/mol. The molecule has 2 saturated heterocycles. The number of amides is 2. The summed E-state index contributed by atoms with van der Waals surface area (Å²) in [5.74, 6) is 1.92. The summed E-state index contributed by atoms with van der Waals surface area (Å²) in [4.78, 5) is 39.5. The first-order valence-corrected chi connectivity index (χ1v) is 15.4. The number of para-hydroxylation sites is 1. The number of nitrogens with two attached hydrogens (primary N) is 1. The SMILES string of the molecule is CC(C)(C)C1CN(CC(=O)N2CCC(n3nc(-c4ccc(Oc5ccccc5)cc4)c4c(N)ncnc43)CC2)CCN1C(=O)O. The molecule has 1 atom stereocenters. The van der Waals surface area contributed by atoms with E-state index < -0.39 is 6.09 Å². The topological polar surface area (TPSA) is 143 Å². The van der Waals surface area contributed by atoms with Gasteiger partial charge in [0.2, 0.25) is 5.91 Å². The van der Waals surface area contributed by atoms with Crippen molar-refractivity contribution in [2.75, 3.05) is 45.0 Å². The minimum absolute atomic E-state index is 0.0460. The third-order valence-electron chi connectivity index (χ3n) is 8.86. The normalized spacial score (nSPS) is 18.3. The van der Waals surface area contributed by atoms with Crippen LogP contribution in [0.3, 0.4) is 0 Å². The summed E-state index contributed by atoms with van der Waals surface area (Å²) in [6, 6.07) is 17.2. The second-order valence-corrected chi connectivity index (χ2v) is 12.9. The molecule has 2 aliphatic rings. The average Bonchev–Trinajstić information content (AvgIpc) is 3.42. The van der Waals surface area contributed by atoms with Gasteiger partial charge in [-0.15, -0.1) is 0 Å². The second-order valence-electron chi connectivity index (χ2n) is 12.9. The first kappa shape index (κ1) is 30.3. The molecule has 2 aromatic heterocycles. The van der Waals surface area contributed by atoms with Crippen LogP contribution in [0.1, 0.15) is 39.7 Å². The van der Waals surface area contributed by atoms with Gasteiger partial charge in [0.15, 0.2) is 5.65 Å². The number of rotatable bonds is 6. The maximum Gasteiger partial charge on any atom is 0.407 e. The molecule has 2 aromatic carbocycles. The van der Waals surface area contributed by atoms with Crippen molar-refractivity contribution in [3.63, 3.8) is 0 Å². The van der Waals surface area contributed by atoms with Crippen LogP contribution in [-0.4, -0.2) is 96.9 Å². The number of nitrogen functional groups attached to an aromatic ring is 1. The van der Waals surface area contributed by atoms with E-state index in [9.17, 15) is 14.7 Å². The Hall–Kier alpha value is -4.71. The van der Waals surface area contributed by atoms with E-state index >= 15 is 0 Å². The third-order valence-corrected chi connectivity index (χ3v) is 8.86. The van der Waals surface area contributed by atoms with Crippen LogP contribution in [0, 0.1) is 5.41 Å². The van der Waals surface area contributed by atoms with Crippen molar-refractivity contribution in [1.29, 1.82) is 0 Å². The Morgan fingerprint density at radius 3 is 2.31 bits per heavy atom. The summed E-state index contributed by atoms with van der Waals surface area (Å²) in [7, 11) is 0. The van der Waals surface area contributed by atoms with Gasteiger partial charge in [-0.1, -0.05) is 39.0 Å². The van der Waals surface area contributed by atoms with Crippen LogP contribution in [0.5, 0.6) is 11.5 Å². The third kappa shape index (κ3) is 6.41. The molecule has 2 fully saturated rings. The van der Waals surface area contributed by atoms with Gasteiger partial charge in [0.25, 0.3) is 0 Å². The highest BCUT2D eigenvalue weighted by Crippen LogP contribution is 2.35. The van der Waals surface area contributed by atoms with Crippen molar-refractivity contribution in [1.82, 2.24) is 34.4 Å². The monoisotopic (exact) mass is 612 g/mol. The molecular formula is C33H40N8O4. The minimum Gasteiger partial charge on any atom is -0.465 e. The maximum absolute atomic E-state index is 13.4. The van der Waals surface area contributed by atoms with E-state index in [0.717, 1.165) is 24.2 Å². The molecule has 2 amide bonds. The lowest BCUT2D eigenvalue weighted by Crippen LogP contribution is -2.60. The number of benzene rings is 2. The molecule has 3 N–H and O–H groups in total. The van der Waals surface area contributed by atoms with Crippen LogP contribution in [0.15, 0.2) is 60.9 Å². The number of carboxylic acid groups (broad SMARTS) is 1. The van der Waals surface area contributed by atoms with E-state index in [1.807, 2.05) is 85.0 Å². The quantitative estimate of drug-likeness (QED) is 0.316. The number of anilines is 1. The van der Waals surface area contributed by atoms with E-state index in [0.29, 0.717) is 61.0 Å². The smallest absolute Gasteiger partial charge is 0.407 e. The summed E-state index contributed by atoms with van der Waals surface area (Å²) in [6.07, 6.45) is 2.02. The molecule has 0 spiro atoms. The molecule has 0 aliphatic carbocycles. The number of nitrogens with zero attached hydrogens (tertiary/aromatic N) is 7.